The van der Waals surface area contributed by atoms with E-state index in [9.17, 15) is 5.26 Å². The molecule has 3 heterocycles. The Morgan fingerprint density at radius 1 is 1.44 bits per heavy atom. The normalized spacial score (nSPS) is 14.1. The predicted molar refractivity (Wildman–Crippen MR) is 71.3 cm³/mol. The lowest BCUT2D eigenvalue weighted by Crippen LogP contribution is -2.38. The van der Waals surface area contributed by atoms with Crippen LogP contribution in [0.2, 0.25) is 0 Å². The molecule has 3 rings (SSSR count). The Hall–Kier alpha value is -2.13. The Kier molecular flexibility index (Phi) is 2.61. The van der Waals surface area contributed by atoms with Gasteiger partial charge >= 0.3 is 0 Å². The lowest BCUT2D eigenvalue weighted by Gasteiger charge is -2.33. The Morgan fingerprint density at radius 2 is 2.28 bits per heavy atom. The molecule has 0 aromatic carbocycles. The molecule has 1 saturated heterocycles. The predicted octanol–water partition coefficient (Wildman–Crippen LogP) is 1.87. The van der Waals surface area contributed by atoms with Crippen LogP contribution in [-0.2, 0) is 0 Å². The molecule has 0 bridgehead atoms. The van der Waals surface area contributed by atoms with E-state index in [1.54, 1.807) is 12.3 Å². The fourth-order valence-corrected chi connectivity index (χ4v) is 2.48. The van der Waals surface area contributed by atoms with Crippen molar-refractivity contribution in [1.29, 1.82) is 5.26 Å². The van der Waals surface area contributed by atoms with Gasteiger partial charge in [0.1, 0.15) is 28.2 Å². The summed E-state index contributed by atoms with van der Waals surface area (Å²) in [4.78, 5) is 10.8. The first-order chi connectivity index (χ1) is 8.79. The molecule has 1 aliphatic heterocycles. The third kappa shape index (κ3) is 1.69. The molecule has 0 saturated carbocycles. The summed E-state index contributed by atoms with van der Waals surface area (Å²) in [5, 5.41) is 11.9. The maximum Gasteiger partial charge on any atom is 0.149 e. The maximum atomic E-state index is 9.18. The number of nitriles is 1. The Bertz CT molecular complexity index is 610. The van der Waals surface area contributed by atoms with Crippen LogP contribution in [0.25, 0.3) is 10.7 Å². The molecule has 0 spiro atoms. The molecule has 0 radical (unpaired) electrons. The molecule has 2 aromatic rings. The first-order valence-corrected chi connectivity index (χ1v) is 6.53. The average Bonchev–Trinajstić information content (AvgIpc) is 2.79. The highest BCUT2D eigenvalue weighted by molar-refractivity contribution is 7.13. The molecule has 0 amide bonds. The molecule has 90 valence electrons. The highest BCUT2D eigenvalue weighted by Gasteiger charge is 2.22. The summed E-state index contributed by atoms with van der Waals surface area (Å²) in [6, 6.07) is 3.86. The monoisotopic (exact) mass is 257 g/mol. The lowest BCUT2D eigenvalue weighted by atomic mass is 10.1. The van der Waals surface area contributed by atoms with Gasteiger partial charge in [-0.25, -0.2) is 9.97 Å². The van der Waals surface area contributed by atoms with Gasteiger partial charge in [-0.05, 0) is 12.5 Å². The molecule has 2 N–H and O–H groups in total. The van der Waals surface area contributed by atoms with E-state index < -0.39 is 0 Å². The van der Waals surface area contributed by atoms with Crippen LogP contribution in [0.15, 0.2) is 17.6 Å². The summed E-state index contributed by atoms with van der Waals surface area (Å²) in [5.74, 6) is 0.689. The highest BCUT2D eigenvalue weighted by atomic mass is 32.1. The Labute approximate surface area is 109 Å². The van der Waals surface area contributed by atoms with E-state index in [1.807, 2.05) is 5.38 Å². The fraction of sp³-hybridized carbons (Fsp3) is 0.250. The van der Waals surface area contributed by atoms with Crippen LogP contribution in [0.4, 0.5) is 11.5 Å². The molecular formula is C12H11N5S. The first-order valence-electron chi connectivity index (χ1n) is 5.65. The molecule has 18 heavy (non-hydrogen) atoms. The van der Waals surface area contributed by atoms with Crippen molar-refractivity contribution in [2.75, 3.05) is 23.7 Å². The second-order valence-corrected chi connectivity index (χ2v) is 4.98. The number of rotatable bonds is 2. The second-order valence-electron chi connectivity index (χ2n) is 4.08. The van der Waals surface area contributed by atoms with Gasteiger partial charge in [0.15, 0.2) is 0 Å². The zero-order valence-corrected chi connectivity index (χ0v) is 10.4. The molecule has 0 atom stereocenters. The van der Waals surface area contributed by atoms with Crippen molar-refractivity contribution in [3.8, 4) is 16.8 Å². The topological polar surface area (TPSA) is 78.8 Å². The van der Waals surface area contributed by atoms with E-state index in [-0.39, 0.29) is 0 Å². The number of nitrogen functional groups attached to an aromatic ring is 1. The number of hydrogen-bond donors (Lipinski definition) is 1. The molecule has 1 aliphatic rings. The molecule has 1 fully saturated rings. The average molecular weight is 257 g/mol. The van der Waals surface area contributed by atoms with E-state index in [0.29, 0.717) is 17.1 Å². The van der Waals surface area contributed by atoms with Gasteiger partial charge in [-0.15, -0.1) is 11.3 Å². The first kappa shape index (κ1) is 11.0. The van der Waals surface area contributed by atoms with Crippen molar-refractivity contribution in [2.24, 2.45) is 0 Å². The van der Waals surface area contributed by atoms with Crippen LogP contribution in [-0.4, -0.2) is 23.1 Å². The lowest BCUT2D eigenvalue weighted by molar-refractivity contribution is 0.609. The zero-order valence-electron chi connectivity index (χ0n) is 9.63. The van der Waals surface area contributed by atoms with E-state index in [2.05, 4.69) is 20.9 Å². The summed E-state index contributed by atoms with van der Waals surface area (Å²) >= 11 is 1.51. The second kappa shape index (κ2) is 4.27. The minimum Gasteiger partial charge on any atom is -0.397 e. The summed E-state index contributed by atoms with van der Waals surface area (Å²) in [7, 11) is 0. The van der Waals surface area contributed by atoms with Crippen LogP contribution >= 0.6 is 11.3 Å². The molecule has 0 aliphatic carbocycles. The third-order valence-corrected chi connectivity index (χ3v) is 3.75. The number of anilines is 2. The van der Waals surface area contributed by atoms with Gasteiger partial charge < -0.3 is 10.6 Å². The van der Waals surface area contributed by atoms with Crippen molar-refractivity contribution in [3.05, 3.63) is 23.2 Å². The number of nitrogens with zero attached hydrogens (tertiary/aromatic N) is 4. The zero-order chi connectivity index (χ0) is 12.5. The Balaban J connectivity index is 2.13. The Morgan fingerprint density at radius 3 is 2.83 bits per heavy atom. The smallest absolute Gasteiger partial charge is 0.149 e. The molecule has 2 aromatic heterocycles. The van der Waals surface area contributed by atoms with E-state index in [4.69, 9.17) is 5.73 Å². The molecule has 5 nitrogen and oxygen atoms in total. The number of nitrogens with two attached hydrogens (primary N) is 1. The number of pyridine rings is 1. The van der Waals surface area contributed by atoms with Gasteiger partial charge in [-0.2, -0.15) is 5.26 Å². The van der Waals surface area contributed by atoms with Crippen molar-refractivity contribution in [2.45, 2.75) is 6.42 Å². The SMILES string of the molecule is N#Cc1c(N)cc(-c2nccs2)nc1N1CCC1. The van der Waals surface area contributed by atoms with Gasteiger partial charge in [0, 0.05) is 24.7 Å². The van der Waals surface area contributed by atoms with Crippen LogP contribution in [0.1, 0.15) is 12.0 Å². The maximum absolute atomic E-state index is 9.18. The molecular weight excluding hydrogens is 246 g/mol. The van der Waals surface area contributed by atoms with Crippen molar-refractivity contribution in [1.82, 2.24) is 9.97 Å². The van der Waals surface area contributed by atoms with Crippen molar-refractivity contribution in [3.63, 3.8) is 0 Å². The number of hydrogen-bond acceptors (Lipinski definition) is 6. The van der Waals surface area contributed by atoms with E-state index >= 15 is 0 Å². The number of aromatic nitrogens is 2. The fourth-order valence-electron chi connectivity index (χ4n) is 1.88. The standard InChI is InChI=1S/C12H11N5S/c13-7-8-9(14)6-10(12-15-2-5-18-12)16-11(8)17-3-1-4-17/h2,5-6H,1,3-4H2,(H2,14,16). The highest BCUT2D eigenvalue weighted by Crippen LogP contribution is 2.31. The van der Waals surface area contributed by atoms with E-state index in [0.717, 1.165) is 30.2 Å². The van der Waals surface area contributed by atoms with Crippen LogP contribution in [0.3, 0.4) is 0 Å². The summed E-state index contributed by atoms with van der Waals surface area (Å²) in [5.41, 5.74) is 7.62. The minimum atomic E-state index is 0.468. The number of thiazole rings is 1. The van der Waals surface area contributed by atoms with Crippen LogP contribution < -0.4 is 10.6 Å². The third-order valence-electron chi connectivity index (χ3n) is 2.95. The molecule has 6 heteroatoms. The van der Waals surface area contributed by atoms with Gasteiger partial charge in [0.2, 0.25) is 0 Å². The van der Waals surface area contributed by atoms with Crippen molar-refractivity contribution >= 4 is 22.8 Å². The van der Waals surface area contributed by atoms with Crippen LogP contribution in [0.5, 0.6) is 0 Å². The van der Waals surface area contributed by atoms with E-state index in [1.165, 1.54) is 11.3 Å². The molecule has 0 unspecified atom stereocenters. The van der Waals surface area contributed by atoms with Crippen LogP contribution in [0, 0.1) is 11.3 Å². The quantitative estimate of drug-likeness (QED) is 0.888. The van der Waals surface area contributed by atoms with Gasteiger partial charge in [0.25, 0.3) is 0 Å². The summed E-state index contributed by atoms with van der Waals surface area (Å²) in [6.07, 6.45) is 2.87. The van der Waals surface area contributed by atoms with Gasteiger partial charge in [-0.3, -0.25) is 0 Å². The van der Waals surface area contributed by atoms with Gasteiger partial charge in [0.05, 0.1) is 5.69 Å². The summed E-state index contributed by atoms with van der Waals surface area (Å²) in [6.45, 7) is 1.87. The van der Waals surface area contributed by atoms with Crippen molar-refractivity contribution < 1.29 is 0 Å². The largest absolute Gasteiger partial charge is 0.397 e. The summed E-state index contributed by atoms with van der Waals surface area (Å²) < 4.78 is 0. The minimum absolute atomic E-state index is 0.468. The van der Waals surface area contributed by atoms with Gasteiger partial charge in [-0.1, -0.05) is 0 Å².